The van der Waals surface area contributed by atoms with Gasteiger partial charge in [-0.15, -0.1) is 11.8 Å². The van der Waals surface area contributed by atoms with Crippen LogP contribution in [0.4, 0.5) is 0 Å². The molecular formula is C15H18N2S. The van der Waals surface area contributed by atoms with Crippen molar-refractivity contribution in [3.63, 3.8) is 0 Å². The fourth-order valence-corrected chi connectivity index (χ4v) is 2.22. The highest BCUT2D eigenvalue weighted by Gasteiger charge is 2.07. The first-order valence-corrected chi connectivity index (χ1v) is 7.22. The van der Waals surface area contributed by atoms with E-state index in [-0.39, 0.29) is 6.04 Å². The van der Waals surface area contributed by atoms with Crippen molar-refractivity contribution in [3.05, 3.63) is 59.4 Å². The fraction of sp³-hybridized carbons (Fsp3) is 0.267. The van der Waals surface area contributed by atoms with Crippen LogP contribution in [0.25, 0.3) is 0 Å². The predicted molar refractivity (Wildman–Crippen MR) is 77.8 cm³/mol. The van der Waals surface area contributed by atoms with Crippen LogP contribution in [0.5, 0.6) is 0 Å². The molecule has 18 heavy (non-hydrogen) atoms. The number of thioether (sulfide) groups is 1. The van der Waals surface area contributed by atoms with Crippen LogP contribution in [0, 0.1) is 6.92 Å². The highest BCUT2D eigenvalue weighted by atomic mass is 32.2. The fourth-order valence-electron chi connectivity index (χ4n) is 1.81. The van der Waals surface area contributed by atoms with Gasteiger partial charge in [0.15, 0.2) is 0 Å². The zero-order chi connectivity index (χ0) is 13.0. The molecule has 2 aromatic rings. The number of aryl methyl sites for hydroxylation is 1. The molecule has 94 valence electrons. The monoisotopic (exact) mass is 258 g/mol. The van der Waals surface area contributed by atoms with Gasteiger partial charge in [-0.2, -0.15) is 0 Å². The third kappa shape index (κ3) is 3.34. The lowest BCUT2D eigenvalue weighted by molar-refractivity contribution is 0.705. The van der Waals surface area contributed by atoms with Crippen molar-refractivity contribution in [1.29, 1.82) is 0 Å². The molecular weight excluding hydrogens is 240 g/mol. The Morgan fingerprint density at radius 3 is 2.44 bits per heavy atom. The molecule has 0 spiro atoms. The van der Waals surface area contributed by atoms with E-state index in [1.54, 1.807) is 11.8 Å². The molecule has 0 fully saturated rings. The minimum absolute atomic E-state index is 0.0103. The molecule has 1 unspecified atom stereocenters. The van der Waals surface area contributed by atoms with Crippen LogP contribution in [0.1, 0.15) is 22.9 Å². The van der Waals surface area contributed by atoms with Gasteiger partial charge in [-0.05, 0) is 42.5 Å². The zero-order valence-electron chi connectivity index (χ0n) is 10.8. The van der Waals surface area contributed by atoms with Gasteiger partial charge in [0.2, 0.25) is 0 Å². The van der Waals surface area contributed by atoms with E-state index in [0.717, 1.165) is 17.7 Å². The molecule has 2 nitrogen and oxygen atoms in total. The summed E-state index contributed by atoms with van der Waals surface area (Å²) >= 11 is 1.74. The summed E-state index contributed by atoms with van der Waals surface area (Å²) in [7, 11) is 0. The van der Waals surface area contributed by atoms with Crippen LogP contribution in [0.2, 0.25) is 0 Å². The van der Waals surface area contributed by atoms with Gasteiger partial charge in [-0.3, -0.25) is 4.98 Å². The smallest absolute Gasteiger partial charge is 0.0422 e. The number of aromatic nitrogens is 1. The standard InChI is InChI=1S/C15H18N2S/c1-11-3-6-13(17-10-11)9-15(16)12-4-7-14(18-2)8-5-12/h3-8,10,15H,9,16H2,1-2H3. The van der Waals surface area contributed by atoms with Crippen molar-refractivity contribution in [1.82, 2.24) is 4.98 Å². The highest BCUT2D eigenvalue weighted by molar-refractivity contribution is 7.98. The number of pyridine rings is 1. The molecule has 0 aliphatic heterocycles. The zero-order valence-corrected chi connectivity index (χ0v) is 11.6. The molecule has 0 saturated carbocycles. The number of hydrogen-bond donors (Lipinski definition) is 1. The van der Waals surface area contributed by atoms with Gasteiger partial charge in [0.1, 0.15) is 0 Å². The van der Waals surface area contributed by atoms with E-state index < -0.39 is 0 Å². The topological polar surface area (TPSA) is 38.9 Å². The van der Waals surface area contributed by atoms with Crippen molar-refractivity contribution >= 4 is 11.8 Å². The lowest BCUT2D eigenvalue weighted by atomic mass is 10.0. The summed E-state index contributed by atoms with van der Waals surface area (Å²) in [6.07, 6.45) is 4.74. The minimum atomic E-state index is 0.0103. The van der Waals surface area contributed by atoms with Crippen LogP contribution in [0.3, 0.4) is 0 Å². The van der Waals surface area contributed by atoms with Crippen molar-refractivity contribution in [3.8, 4) is 0 Å². The van der Waals surface area contributed by atoms with Crippen molar-refractivity contribution in [2.24, 2.45) is 5.73 Å². The molecule has 0 aliphatic carbocycles. The maximum absolute atomic E-state index is 6.21. The molecule has 1 heterocycles. The van der Waals surface area contributed by atoms with E-state index in [0.29, 0.717) is 0 Å². The summed E-state index contributed by atoms with van der Waals surface area (Å²) in [5, 5.41) is 0. The van der Waals surface area contributed by atoms with Gasteiger partial charge in [0, 0.05) is 29.2 Å². The lowest BCUT2D eigenvalue weighted by Gasteiger charge is -2.12. The second-order valence-corrected chi connectivity index (χ2v) is 5.29. The Balaban J connectivity index is 2.06. The van der Waals surface area contributed by atoms with Crippen LogP contribution in [0.15, 0.2) is 47.5 Å². The van der Waals surface area contributed by atoms with Gasteiger partial charge >= 0.3 is 0 Å². The molecule has 0 aliphatic rings. The molecule has 0 bridgehead atoms. The van der Waals surface area contributed by atoms with E-state index in [1.165, 1.54) is 10.5 Å². The number of hydrogen-bond acceptors (Lipinski definition) is 3. The molecule has 0 radical (unpaired) electrons. The molecule has 2 N–H and O–H groups in total. The molecule has 0 saturated heterocycles. The van der Waals surface area contributed by atoms with Crippen molar-refractivity contribution in [2.75, 3.05) is 6.26 Å². The van der Waals surface area contributed by atoms with Gasteiger partial charge < -0.3 is 5.73 Å². The summed E-state index contributed by atoms with van der Waals surface area (Å²) in [5.41, 5.74) is 9.59. The van der Waals surface area contributed by atoms with Crippen molar-refractivity contribution < 1.29 is 0 Å². The minimum Gasteiger partial charge on any atom is -0.324 e. The molecule has 2 rings (SSSR count). The summed E-state index contributed by atoms with van der Waals surface area (Å²) in [6.45, 7) is 2.04. The highest BCUT2D eigenvalue weighted by Crippen LogP contribution is 2.20. The Labute approximate surface area is 113 Å². The van der Waals surface area contributed by atoms with Gasteiger partial charge in [0.25, 0.3) is 0 Å². The van der Waals surface area contributed by atoms with Crippen molar-refractivity contribution in [2.45, 2.75) is 24.3 Å². The molecule has 1 aromatic heterocycles. The molecule has 1 aromatic carbocycles. The second-order valence-electron chi connectivity index (χ2n) is 4.41. The van der Waals surface area contributed by atoms with E-state index in [2.05, 4.69) is 41.6 Å². The Kier molecular flexibility index (Phi) is 4.39. The average Bonchev–Trinajstić information content (AvgIpc) is 2.41. The van der Waals surface area contributed by atoms with E-state index in [1.807, 2.05) is 19.2 Å². The van der Waals surface area contributed by atoms with Gasteiger partial charge in [-0.1, -0.05) is 18.2 Å². The van der Waals surface area contributed by atoms with Gasteiger partial charge in [-0.25, -0.2) is 0 Å². The summed E-state index contributed by atoms with van der Waals surface area (Å²) in [5.74, 6) is 0. The second kappa shape index (κ2) is 6.03. The molecule has 3 heteroatoms. The summed E-state index contributed by atoms with van der Waals surface area (Å²) < 4.78 is 0. The third-order valence-electron chi connectivity index (χ3n) is 2.95. The Bertz CT molecular complexity index is 491. The maximum atomic E-state index is 6.21. The number of nitrogens with two attached hydrogens (primary N) is 1. The Morgan fingerprint density at radius 2 is 1.89 bits per heavy atom. The van der Waals surface area contributed by atoms with Crippen LogP contribution < -0.4 is 5.73 Å². The largest absolute Gasteiger partial charge is 0.324 e. The van der Waals surface area contributed by atoms with E-state index >= 15 is 0 Å². The number of rotatable bonds is 4. The third-order valence-corrected chi connectivity index (χ3v) is 3.69. The quantitative estimate of drug-likeness (QED) is 0.855. The predicted octanol–water partition coefficient (Wildman–Crippen LogP) is 3.35. The first-order chi connectivity index (χ1) is 8.69. The Morgan fingerprint density at radius 1 is 1.17 bits per heavy atom. The van der Waals surface area contributed by atoms with E-state index in [9.17, 15) is 0 Å². The average molecular weight is 258 g/mol. The van der Waals surface area contributed by atoms with Crippen LogP contribution in [-0.2, 0) is 6.42 Å². The summed E-state index contributed by atoms with van der Waals surface area (Å²) in [4.78, 5) is 5.66. The van der Waals surface area contributed by atoms with Crippen LogP contribution >= 0.6 is 11.8 Å². The number of nitrogens with zero attached hydrogens (tertiary/aromatic N) is 1. The lowest BCUT2D eigenvalue weighted by Crippen LogP contribution is -2.14. The van der Waals surface area contributed by atoms with E-state index in [4.69, 9.17) is 5.73 Å². The van der Waals surface area contributed by atoms with Crippen LogP contribution in [-0.4, -0.2) is 11.2 Å². The maximum Gasteiger partial charge on any atom is 0.0422 e. The summed E-state index contributed by atoms with van der Waals surface area (Å²) in [6, 6.07) is 12.6. The number of benzene rings is 1. The molecule has 0 amide bonds. The normalized spacial score (nSPS) is 12.4. The first-order valence-electron chi connectivity index (χ1n) is 6.00. The van der Waals surface area contributed by atoms with Gasteiger partial charge in [0.05, 0.1) is 0 Å². The SMILES string of the molecule is CSc1ccc(C(N)Cc2ccc(C)cn2)cc1. The molecule has 1 atom stereocenters. The first kappa shape index (κ1) is 13.1. The Hall–Kier alpha value is -1.32.